The van der Waals surface area contributed by atoms with E-state index in [-0.39, 0.29) is 16.6 Å². The Morgan fingerprint density at radius 2 is 1.62 bits per heavy atom. The van der Waals surface area contributed by atoms with Crippen molar-refractivity contribution in [3.05, 3.63) is 50.7 Å². The number of aliphatic hydroxyl groups is 1. The van der Waals surface area contributed by atoms with Gasteiger partial charge in [-0.3, -0.25) is 0 Å². The molecular weight excluding hydrogens is 485 g/mol. The van der Waals surface area contributed by atoms with E-state index in [9.17, 15) is 26.7 Å². The summed E-state index contributed by atoms with van der Waals surface area (Å²) >= 11 is 1.70. The van der Waals surface area contributed by atoms with Crippen LogP contribution in [0.5, 0.6) is 5.75 Å². The summed E-state index contributed by atoms with van der Waals surface area (Å²) in [4.78, 5) is 2.35. The molecule has 0 aliphatic rings. The Morgan fingerprint density at radius 3 is 2.09 bits per heavy atom. The van der Waals surface area contributed by atoms with Crippen LogP contribution in [0.15, 0.2) is 24.3 Å². The summed E-state index contributed by atoms with van der Waals surface area (Å²) in [6.45, 7) is 13.8. The van der Waals surface area contributed by atoms with Crippen LogP contribution in [0, 0.1) is 19.3 Å². The van der Waals surface area contributed by atoms with E-state index in [2.05, 4.69) is 31.0 Å². The molecule has 0 amide bonds. The third-order valence-electron chi connectivity index (χ3n) is 6.55. The molecule has 0 aliphatic carbocycles. The number of rotatable bonds is 9. The summed E-state index contributed by atoms with van der Waals surface area (Å²) in [7, 11) is -5.73. The second-order valence-electron chi connectivity index (χ2n) is 9.89. The highest BCUT2D eigenvalue weighted by atomic mass is 32.2. The van der Waals surface area contributed by atoms with Gasteiger partial charge in [-0.2, -0.15) is 21.6 Å². The molecule has 1 aromatic carbocycles. The Bertz CT molecular complexity index is 1090. The van der Waals surface area contributed by atoms with Crippen LogP contribution in [0.4, 0.5) is 13.2 Å². The average molecular weight is 521 g/mol. The molecule has 0 saturated heterocycles. The van der Waals surface area contributed by atoms with Gasteiger partial charge in [0, 0.05) is 15.2 Å². The van der Waals surface area contributed by atoms with Crippen molar-refractivity contribution in [2.45, 2.75) is 91.2 Å². The standard InChI is InChI=1S/C25H35F3O4S2/c1-8-24(9-2,22-15-17(4)20(33-22)12-13-21(29)23(5,6)7)18-10-11-19(16(3)14-18)32-34(30,31)25(26,27)28/h10-11,14-15,21,29H,8-9,12-13H2,1-7H3. The number of hydrogen-bond acceptors (Lipinski definition) is 5. The molecular formula is C25H35F3O4S2. The van der Waals surface area contributed by atoms with Gasteiger partial charge in [-0.25, -0.2) is 0 Å². The molecule has 1 heterocycles. The largest absolute Gasteiger partial charge is 0.534 e. The van der Waals surface area contributed by atoms with Gasteiger partial charge in [0.15, 0.2) is 0 Å². The lowest BCUT2D eigenvalue weighted by Gasteiger charge is -2.32. The van der Waals surface area contributed by atoms with E-state index in [1.54, 1.807) is 30.4 Å². The lowest BCUT2D eigenvalue weighted by molar-refractivity contribution is -0.0500. The molecule has 0 radical (unpaired) electrons. The van der Waals surface area contributed by atoms with E-state index in [1.807, 2.05) is 20.8 Å². The predicted molar refractivity (Wildman–Crippen MR) is 131 cm³/mol. The molecule has 0 spiro atoms. The highest BCUT2D eigenvalue weighted by molar-refractivity contribution is 7.88. The summed E-state index contributed by atoms with van der Waals surface area (Å²) in [6, 6.07) is 6.82. The fraction of sp³-hybridized carbons (Fsp3) is 0.600. The summed E-state index contributed by atoms with van der Waals surface area (Å²) in [6.07, 6.45) is 2.53. The molecule has 2 aromatic rings. The van der Waals surface area contributed by atoms with Crippen molar-refractivity contribution in [3.63, 3.8) is 0 Å². The zero-order valence-corrected chi connectivity index (χ0v) is 22.5. The van der Waals surface area contributed by atoms with E-state index in [0.29, 0.717) is 12.0 Å². The number of alkyl halides is 3. The minimum atomic E-state index is -5.73. The van der Waals surface area contributed by atoms with Crippen molar-refractivity contribution in [1.82, 2.24) is 0 Å². The normalized spacial score (nSPS) is 14.3. The molecule has 1 aromatic heterocycles. The van der Waals surface area contributed by atoms with Crippen LogP contribution in [-0.4, -0.2) is 25.1 Å². The molecule has 0 aliphatic heterocycles. The molecule has 0 bridgehead atoms. The number of hydrogen-bond donors (Lipinski definition) is 1. The third kappa shape index (κ3) is 5.97. The van der Waals surface area contributed by atoms with Crippen molar-refractivity contribution in [2.75, 3.05) is 0 Å². The van der Waals surface area contributed by atoms with Gasteiger partial charge in [0.05, 0.1) is 6.10 Å². The van der Waals surface area contributed by atoms with Crippen molar-refractivity contribution in [2.24, 2.45) is 5.41 Å². The monoisotopic (exact) mass is 520 g/mol. The van der Waals surface area contributed by atoms with Crippen LogP contribution in [-0.2, 0) is 22.0 Å². The third-order valence-corrected chi connectivity index (χ3v) is 9.02. The maximum atomic E-state index is 12.7. The topological polar surface area (TPSA) is 63.6 Å². The summed E-state index contributed by atoms with van der Waals surface area (Å²) < 4.78 is 65.5. The Labute approximate surface area is 205 Å². The summed E-state index contributed by atoms with van der Waals surface area (Å²) in [5.41, 5.74) is -3.68. The Hall–Kier alpha value is -1.58. The smallest absolute Gasteiger partial charge is 0.393 e. The van der Waals surface area contributed by atoms with E-state index < -0.39 is 21.7 Å². The lowest BCUT2D eigenvalue weighted by atomic mass is 9.74. The first kappa shape index (κ1) is 28.7. The predicted octanol–water partition coefficient (Wildman–Crippen LogP) is 7.04. The van der Waals surface area contributed by atoms with Crippen LogP contribution in [0.25, 0.3) is 0 Å². The molecule has 4 nitrogen and oxygen atoms in total. The molecule has 1 unspecified atom stereocenters. The van der Waals surface area contributed by atoms with Crippen molar-refractivity contribution < 1.29 is 30.9 Å². The minimum Gasteiger partial charge on any atom is -0.393 e. The first-order valence-electron chi connectivity index (χ1n) is 11.4. The van der Waals surface area contributed by atoms with Gasteiger partial charge in [-0.1, -0.05) is 46.8 Å². The SMILES string of the molecule is CCC(CC)(c1ccc(OS(=O)(=O)C(F)(F)F)c(C)c1)c1cc(C)c(CCC(O)C(C)(C)C)s1. The van der Waals surface area contributed by atoms with Crippen LogP contribution >= 0.6 is 11.3 Å². The zero-order chi connectivity index (χ0) is 26.1. The van der Waals surface area contributed by atoms with E-state index in [0.717, 1.165) is 35.3 Å². The molecule has 0 fully saturated rings. The Kier molecular flexibility index (Phi) is 8.59. The number of aryl methyl sites for hydroxylation is 3. The molecule has 0 saturated carbocycles. The average Bonchev–Trinajstić information content (AvgIpc) is 3.08. The number of aliphatic hydroxyl groups excluding tert-OH is 1. The first-order chi connectivity index (χ1) is 15.5. The van der Waals surface area contributed by atoms with Crippen LogP contribution in [0.3, 0.4) is 0 Å². The highest BCUT2D eigenvalue weighted by Crippen LogP contribution is 2.45. The lowest BCUT2D eigenvalue weighted by Crippen LogP contribution is -2.28. The Balaban J connectivity index is 2.41. The maximum absolute atomic E-state index is 12.7. The molecule has 192 valence electrons. The molecule has 9 heteroatoms. The van der Waals surface area contributed by atoms with Crippen LogP contribution in [0.1, 0.15) is 80.3 Å². The second-order valence-corrected chi connectivity index (χ2v) is 12.6. The summed E-state index contributed by atoms with van der Waals surface area (Å²) in [5.74, 6) is -0.332. The number of benzene rings is 1. The minimum absolute atomic E-state index is 0.189. The van der Waals surface area contributed by atoms with Gasteiger partial charge in [0.1, 0.15) is 5.75 Å². The van der Waals surface area contributed by atoms with Crippen molar-refractivity contribution in [1.29, 1.82) is 0 Å². The van der Waals surface area contributed by atoms with E-state index >= 15 is 0 Å². The number of halogens is 3. The fourth-order valence-electron chi connectivity index (χ4n) is 4.06. The fourth-order valence-corrected chi connectivity index (χ4v) is 6.12. The van der Waals surface area contributed by atoms with Gasteiger partial charge in [0.25, 0.3) is 0 Å². The maximum Gasteiger partial charge on any atom is 0.534 e. The second kappa shape index (κ2) is 10.2. The van der Waals surface area contributed by atoms with Crippen LogP contribution < -0.4 is 4.18 Å². The van der Waals surface area contributed by atoms with Gasteiger partial charge >= 0.3 is 15.6 Å². The molecule has 1 N–H and O–H groups in total. The molecule has 1 atom stereocenters. The quantitative estimate of drug-likeness (QED) is 0.285. The van der Waals surface area contributed by atoms with Gasteiger partial charge in [0.2, 0.25) is 0 Å². The Morgan fingerprint density at radius 1 is 1.03 bits per heavy atom. The van der Waals surface area contributed by atoms with Crippen molar-refractivity contribution >= 4 is 21.5 Å². The van der Waals surface area contributed by atoms with Gasteiger partial charge < -0.3 is 9.29 Å². The highest BCUT2D eigenvalue weighted by Gasteiger charge is 2.48. The van der Waals surface area contributed by atoms with Gasteiger partial charge in [-0.15, -0.1) is 11.3 Å². The molecule has 34 heavy (non-hydrogen) atoms. The van der Waals surface area contributed by atoms with Crippen molar-refractivity contribution in [3.8, 4) is 5.75 Å². The van der Waals surface area contributed by atoms with E-state index in [4.69, 9.17) is 0 Å². The van der Waals surface area contributed by atoms with E-state index in [1.165, 1.54) is 10.9 Å². The zero-order valence-electron chi connectivity index (χ0n) is 20.8. The number of thiophene rings is 1. The summed E-state index contributed by atoms with van der Waals surface area (Å²) in [5, 5.41) is 10.4. The van der Waals surface area contributed by atoms with Gasteiger partial charge in [-0.05, 0) is 73.8 Å². The first-order valence-corrected chi connectivity index (χ1v) is 13.6. The van der Waals surface area contributed by atoms with Crippen LogP contribution in [0.2, 0.25) is 0 Å². The molecule has 2 rings (SSSR count).